The number of aromatic nitrogens is 2. The zero-order chi connectivity index (χ0) is 24.2. The lowest BCUT2D eigenvalue weighted by molar-refractivity contribution is -0.123. The standard InChI is InChI=1S/C29H41N3O2/c1-4-5-6-7-13-20-32-26-15-11-10-14-25(26)31-28(32)16-9-8-12-19-30-29(33)22-34-27-21-23(2)17-18-24(27)3/h10-11,14-15,17-18,21H,4-9,12-13,16,19-20,22H2,1-3H3,(H,30,33). The minimum Gasteiger partial charge on any atom is -0.483 e. The fraction of sp³-hybridized carbons (Fsp3) is 0.517. The van der Waals surface area contributed by atoms with Gasteiger partial charge in [0.1, 0.15) is 11.6 Å². The van der Waals surface area contributed by atoms with Crippen molar-refractivity contribution in [1.29, 1.82) is 0 Å². The summed E-state index contributed by atoms with van der Waals surface area (Å²) in [7, 11) is 0. The Bertz CT molecular complexity index is 1040. The first-order valence-corrected chi connectivity index (χ1v) is 13.0. The summed E-state index contributed by atoms with van der Waals surface area (Å²) < 4.78 is 8.11. The molecule has 0 saturated carbocycles. The number of para-hydroxylation sites is 2. The molecule has 0 saturated heterocycles. The number of hydrogen-bond acceptors (Lipinski definition) is 3. The van der Waals surface area contributed by atoms with E-state index in [1.165, 1.54) is 43.4 Å². The number of ether oxygens (including phenoxy) is 1. The lowest BCUT2D eigenvalue weighted by Crippen LogP contribution is -2.29. The van der Waals surface area contributed by atoms with Crippen LogP contribution in [0.3, 0.4) is 0 Å². The molecular weight excluding hydrogens is 422 g/mol. The maximum Gasteiger partial charge on any atom is 0.257 e. The van der Waals surface area contributed by atoms with Gasteiger partial charge >= 0.3 is 0 Å². The van der Waals surface area contributed by atoms with Crippen LogP contribution in [0.4, 0.5) is 0 Å². The lowest BCUT2D eigenvalue weighted by Gasteiger charge is -2.11. The van der Waals surface area contributed by atoms with E-state index in [0.29, 0.717) is 6.54 Å². The van der Waals surface area contributed by atoms with Gasteiger partial charge in [0, 0.05) is 19.5 Å². The first kappa shape index (κ1) is 25.8. The number of carbonyl (C=O) groups excluding carboxylic acids is 1. The molecule has 0 atom stereocenters. The first-order chi connectivity index (χ1) is 16.6. The van der Waals surface area contributed by atoms with Crippen LogP contribution in [0.5, 0.6) is 5.75 Å². The average molecular weight is 464 g/mol. The van der Waals surface area contributed by atoms with E-state index in [2.05, 4.69) is 41.1 Å². The number of hydrogen-bond donors (Lipinski definition) is 1. The predicted molar refractivity (Wildman–Crippen MR) is 140 cm³/mol. The Labute approximate surface area is 204 Å². The van der Waals surface area contributed by atoms with Crippen LogP contribution in [-0.4, -0.2) is 28.6 Å². The minimum absolute atomic E-state index is 0.0621. The van der Waals surface area contributed by atoms with Crippen LogP contribution in [0.15, 0.2) is 42.5 Å². The Kier molecular flexibility index (Phi) is 10.5. The summed E-state index contributed by atoms with van der Waals surface area (Å²) in [6, 6.07) is 14.5. The molecule has 5 heteroatoms. The van der Waals surface area contributed by atoms with Crippen molar-refractivity contribution in [2.24, 2.45) is 0 Å². The van der Waals surface area contributed by atoms with Crippen molar-refractivity contribution in [3.05, 3.63) is 59.4 Å². The van der Waals surface area contributed by atoms with Gasteiger partial charge in [-0.2, -0.15) is 0 Å². The smallest absolute Gasteiger partial charge is 0.257 e. The average Bonchev–Trinajstić information content (AvgIpc) is 3.19. The van der Waals surface area contributed by atoms with Crippen molar-refractivity contribution in [3.63, 3.8) is 0 Å². The fourth-order valence-electron chi connectivity index (χ4n) is 4.31. The first-order valence-electron chi connectivity index (χ1n) is 13.0. The molecule has 5 nitrogen and oxygen atoms in total. The van der Waals surface area contributed by atoms with Crippen LogP contribution in [-0.2, 0) is 17.8 Å². The number of rotatable bonds is 15. The van der Waals surface area contributed by atoms with E-state index >= 15 is 0 Å². The number of fused-ring (bicyclic) bond motifs is 1. The molecule has 0 aliphatic heterocycles. The van der Waals surface area contributed by atoms with Crippen LogP contribution >= 0.6 is 0 Å². The molecule has 0 unspecified atom stereocenters. The zero-order valence-electron chi connectivity index (χ0n) is 21.2. The van der Waals surface area contributed by atoms with E-state index in [0.717, 1.165) is 54.6 Å². The van der Waals surface area contributed by atoms with Crippen molar-refractivity contribution in [2.45, 2.75) is 85.1 Å². The number of benzene rings is 2. The third-order valence-electron chi connectivity index (χ3n) is 6.32. The second-order valence-electron chi connectivity index (χ2n) is 9.30. The van der Waals surface area contributed by atoms with Gasteiger partial charge in [0.15, 0.2) is 6.61 Å². The number of unbranched alkanes of at least 4 members (excludes halogenated alkanes) is 6. The third-order valence-corrected chi connectivity index (χ3v) is 6.32. The maximum atomic E-state index is 12.1. The van der Waals surface area contributed by atoms with Gasteiger partial charge in [0.25, 0.3) is 5.91 Å². The van der Waals surface area contributed by atoms with E-state index in [1.807, 2.05) is 32.0 Å². The molecule has 1 heterocycles. The molecule has 0 bridgehead atoms. The van der Waals surface area contributed by atoms with E-state index in [4.69, 9.17) is 9.72 Å². The maximum absolute atomic E-state index is 12.1. The quantitative estimate of drug-likeness (QED) is 0.261. The van der Waals surface area contributed by atoms with Gasteiger partial charge in [-0.1, -0.05) is 63.3 Å². The minimum atomic E-state index is -0.0641. The molecule has 2 aromatic carbocycles. The molecule has 0 radical (unpaired) electrons. The Hall–Kier alpha value is -2.82. The molecule has 1 amide bonds. The van der Waals surface area contributed by atoms with Gasteiger partial charge in [0.2, 0.25) is 0 Å². The van der Waals surface area contributed by atoms with E-state index in [9.17, 15) is 4.79 Å². The van der Waals surface area contributed by atoms with Crippen molar-refractivity contribution in [2.75, 3.05) is 13.2 Å². The lowest BCUT2D eigenvalue weighted by atomic mass is 10.1. The number of amides is 1. The highest BCUT2D eigenvalue weighted by Crippen LogP contribution is 2.20. The molecule has 0 spiro atoms. The monoisotopic (exact) mass is 463 g/mol. The predicted octanol–water partition coefficient (Wildman–Crippen LogP) is 6.53. The number of nitrogens with zero attached hydrogens (tertiary/aromatic N) is 2. The molecule has 3 aromatic rings. The van der Waals surface area contributed by atoms with Gasteiger partial charge in [-0.05, 0) is 62.4 Å². The summed E-state index contributed by atoms with van der Waals surface area (Å²) in [6.45, 7) is 8.07. The summed E-state index contributed by atoms with van der Waals surface area (Å²) in [5.41, 5.74) is 4.53. The highest BCUT2D eigenvalue weighted by atomic mass is 16.5. The van der Waals surface area contributed by atoms with Crippen molar-refractivity contribution >= 4 is 16.9 Å². The van der Waals surface area contributed by atoms with Crippen LogP contribution in [0.25, 0.3) is 11.0 Å². The number of imidazole rings is 1. The highest BCUT2D eigenvalue weighted by Gasteiger charge is 2.10. The highest BCUT2D eigenvalue weighted by molar-refractivity contribution is 5.77. The van der Waals surface area contributed by atoms with Crippen LogP contribution in [0.1, 0.15) is 75.2 Å². The Morgan fingerprint density at radius 3 is 2.62 bits per heavy atom. The number of nitrogens with one attached hydrogen (secondary N) is 1. The summed E-state index contributed by atoms with van der Waals surface area (Å²) in [5.74, 6) is 1.91. The third kappa shape index (κ3) is 7.89. The van der Waals surface area contributed by atoms with E-state index < -0.39 is 0 Å². The second-order valence-corrected chi connectivity index (χ2v) is 9.30. The Morgan fingerprint density at radius 1 is 0.971 bits per heavy atom. The van der Waals surface area contributed by atoms with Crippen molar-refractivity contribution < 1.29 is 9.53 Å². The summed E-state index contributed by atoms with van der Waals surface area (Å²) in [6.07, 6.45) is 10.5. The summed E-state index contributed by atoms with van der Waals surface area (Å²) in [5, 5.41) is 2.98. The molecule has 0 fully saturated rings. The Balaban J connectivity index is 1.38. The normalized spacial score (nSPS) is 11.1. The molecular formula is C29H41N3O2. The summed E-state index contributed by atoms with van der Waals surface area (Å²) in [4.78, 5) is 17.0. The second kappa shape index (κ2) is 13.8. The molecule has 0 aliphatic carbocycles. The van der Waals surface area contributed by atoms with Crippen molar-refractivity contribution in [1.82, 2.24) is 14.9 Å². The van der Waals surface area contributed by atoms with E-state index in [1.54, 1.807) is 0 Å². The molecule has 3 rings (SSSR count). The van der Waals surface area contributed by atoms with E-state index in [-0.39, 0.29) is 12.5 Å². The molecule has 1 N–H and O–H groups in total. The van der Waals surface area contributed by atoms with Crippen LogP contribution in [0.2, 0.25) is 0 Å². The Morgan fingerprint density at radius 2 is 1.76 bits per heavy atom. The summed E-state index contributed by atoms with van der Waals surface area (Å²) >= 11 is 0. The van der Waals surface area contributed by atoms with Crippen LogP contribution in [0, 0.1) is 13.8 Å². The number of carbonyl (C=O) groups is 1. The largest absolute Gasteiger partial charge is 0.483 e. The number of aryl methyl sites for hydroxylation is 4. The zero-order valence-corrected chi connectivity index (χ0v) is 21.2. The molecule has 0 aliphatic rings. The van der Waals surface area contributed by atoms with Crippen molar-refractivity contribution in [3.8, 4) is 5.75 Å². The molecule has 1 aromatic heterocycles. The molecule has 184 valence electrons. The van der Waals surface area contributed by atoms with Gasteiger partial charge in [-0.3, -0.25) is 4.79 Å². The topological polar surface area (TPSA) is 56.2 Å². The molecule has 34 heavy (non-hydrogen) atoms. The SMILES string of the molecule is CCCCCCCn1c(CCCCCNC(=O)COc2cc(C)ccc2C)nc2ccccc21. The van der Waals surface area contributed by atoms with Crippen LogP contribution < -0.4 is 10.1 Å². The fourth-order valence-corrected chi connectivity index (χ4v) is 4.31. The van der Waals surface area contributed by atoms with Gasteiger partial charge < -0.3 is 14.6 Å². The van der Waals surface area contributed by atoms with Gasteiger partial charge in [-0.15, -0.1) is 0 Å². The van der Waals surface area contributed by atoms with Gasteiger partial charge in [0.05, 0.1) is 11.0 Å². The van der Waals surface area contributed by atoms with Gasteiger partial charge in [-0.25, -0.2) is 4.98 Å².